The highest BCUT2D eigenvalue weighted by atomic mass is 35.5. The summed E-state index contributed by atoms with van der Waals surface area (Å²) in [7, 11) is 0. The number of halogens is 4. The van der Waals surface area contributed by atoms with Crippen molar-refractivity contribution in [2.24, 2.45) is 0 Å². The van der Waals surface area contributed by atoms with Crippen LogP contribution >= 0.6 is 11.6 Å². The fourth-order valence-electron chi connectivity index (χ4n) is 1.38. The van der Waals surface area contributed by atoms with Crippen LogP contribution in [0.25, 0.3) is 0 Å². The molecule has 0 fully saturated rings. The van der Waals surface area contributed by atoms with Crippen molar-refractivity contribution in [3.63, 3.8) is 0 Å². The molecule has 0 aliphatic carbocycles. The van der Waals surface area contributed by atoms with E-state index in [2.05, 4.69) is 15.3 Å². The van der Waals surface area contributed by atoms with Gasteiger partial charge in [0, 0.05) is 0 Å². The third-order valence-corrected chi connectivity index (χ3v) is 2.28. The van der Waals surface area contributed by atoms with Crippen LogP contribution in [0.15, 0.2) is 36.7 Å². The molecule has 1 heterocycles. The molecule has 0 amide bonds. The van der Waals surface area contributed by atoms with Crippen LogP contribution in [0.2, 0.25) is 5.15 Å². The lowest BCUT2D eigenvalue weighted by Crippen LogP contribution is -2.09. The third kappa shape index (κ3) is 2.89. The first kappa shape index (κ1) is 12.6. The molecule has 1 aromatic heterocycles. The Labute approximate surface area is 106 Å². The lowest BCUT2D eigenvalue weighted by atomic mass is 10.1. The molecule has 0 aliphatic heterocycles. The van der Waals surface area contributed by atoms with Gasteiger partial charge in [0.1, 0.15) is 5.15 Å². The number of anilines is 2. The van der Waals surface area contributed by atoms with Crippen LogP contribution in [0.3, 0.4) is 0 Å². The Kier molecular flexibility index (Phi) is 3.38. The highest BCUT2D eigenvalue weighted by Crippen LogP contribution is 2.35. The quantitative estimate of drug-likeness (QED) is 0.902. The SMILES string of the molecule is FC(F)(F)c1ccccc1Nc1cncc(Cl)n1. The summed E-state index contributed by atoms with van der Waals surface area (Å²) in [6.45, 7) is 0. The summed E-state index contributed by atoms with van der Waals surface area (Å²) in [6, 6.07) is 5.11. The van der Waals surface area contributed by atoms with Crippen molar-refractivity contribution in [2.45, 2.75) is 6.18 Å². The fourth-order valence-corrected chi connectivity index (χ4v) is 1.53. The lowest BCUT2D eigenvalue weighted by Gasteiger charge is -2.13. The van der Waals surface area contributed by atoms with Gasteiger partial charge in [-0.05, 0) is 12.1 Å². The number of aromatic nitrogens is 2. The highest BCUT2D eigenvalue weighted by Gasteiger charge is 2.33. The predicted molar refractivity (Wildman–Crippen MR) is 61.8 cm³/mol. The number of alkyl halides is 3. The summed E-state index contributed by atoms with van der Waals surface area (Å²) in [5.74, 6) is 0.152. The van der Waals surface area contributed by atoms with Gasteiger partial charge in [-0.2, -0.15) is 13.2 Å². The van der Waals surface area contributed by atoms with E-state index in [0.717, 1.165) is 6.07 Å². The summed E-state index contributed by atoms with van der Waals surface area (Å²) in [4.78, 5) is 7.55. The van der Waals surface area contributed by atoms with E-state index in [1.807, 2.05) is 0 Å². The van der Waals surface area contributed by atoms with Crippen LogP contribution < -0.4 is 5.32 Å². The first-order valence-corrected chi connectivity index (χ1v) is 5.25. The molecular formula is C11H7ClF3N3. The molecule has 0 spiro atoms. The normalized spacial score (nSPS) is 11.3. The van der Waals surface area contributed by atoms with Crippen LogP contribution in [0.1, 0.15) is 5.56 Å². The minimum absolute atomic E-state index is 0.0958. The number of para-hydroxylation sites is 1. The maximum Gasteiger partial charge on any atom is 0.418 e. The van der Waals surface area contributed by atoms with Gasteiger partial charge in [-0.1, -0.05) is 23.7 Å². The van der Waals surface area contributed by atoms with Crippen LogP contribution in [0.5, 0.6) is 0 Å². The first-order valence-electron chi connectivity index (χ1n) is 4.87. The Hall–Kier alpha value is -1.82. The number of benzene rings is 1. The van der Waals surface area contributed by atoms with E-state index in [4.69, 9.17) is 11.6 Å². The minimum atomic E-state index is -4.43. The molecule has 0 aliphatic rings. The van der Waals surface area contributed by atoms with Crippen molar-refractivity contribution in [1.29, 1.82) is 0 Å². The van der Waals surface area contributed by atoms with Gasteiger partial charge in [0.2, 0.25) is 0 Å². The van der Waals surface area contributed by atoms with E-state index in [1.165, 1.54) is 30.6 Å². The molecule has 0 saturated carbocycles. The van der Waals surface area contributed by atoms with Gasteiger partial charge in [0.25, 0.3) is 0 Å². The lowest BCUT2D eigenvalue weighted by molar-refractivity contribution is -0.136. The average Bonchev–Trinajstić information content (AvgIpc) is 2.28. The molecule has 0 saturated heterocycles. The Morgan fingerprint density at radius 2 is 1.83 bits per heavy atom. The Balaban J connectivity index is 2.35. The van der Waals surface area contributed by atoms with Crippen molar-refractivity contribution in [1.82, 2.24) is 9.97 Å². The van der Waals surface area contributed by atoms with E-state index in [0.29, 0.717) is 0 Å². The minimum Gasteiger partial charge on any atom is -0.338 e. The Bertz CT molecular complexity index is 557. The molecule has 1 N–H and O–H groups in total. The van der Waals surface area contributed by atoms with Crippen LogP contribution in [-0.2, 0) is 6.18 Å². The first-order chi connectivity index (χ1) is 8.47. The number of nitrogens with zero attached hydrogens (tertiary/aromatic N) is 2. The zero-order valence-corrected chi connectivity index (χ0v) is 9.63. The predicted octanol–water partition coefficient (Wildman–Crippen LogP) is 3.89. The molecule has 2 rings (SSSR count). The van der Waals surface area contributed by atoms with Crippen LogP contribution in [0, 0.1) is 0 Å². The maximum absolute atomic E-state index is 12.7. The second-order valence-electron chi connectivity index (χ2n) is 3.40. The van der Waals surface area contributed by atoms with Crippen molar-refractivity contribution in [3.05, 3.63) is 47.4 Å². The number of hydrogen-bond donors (Lipinski definition) is 1. The van der Waals surface area contributed by atoms with Crippen LogP contribution in [-0.4, -0.2) is 9.97 Å². The van der Waals surface area contributed by atoms with Crippen molar-refractivity contribution in [3.8, 4) is 0 Å². The number of hydrogen-bond acceptors (Lipinski definition) is 3. The molecule has 0 bridgehead atoms. The van der Waals surface area contributed by atoms with Gasteiger partial charge in [0.05, 0.1) is 23.6 Å². The number of rotatable bonds is 2. The second kappa shape index (κ2) is 4.81. The molecule has 18 heavy (non-hydrogen) atoms. The van der Waals surface area contributed by atoms with E-state index in [9.17, 15) is 13.2 Å². The molecular weight excluding hydrogens is 267 g/mol. The molecule has 94 valence electrons. The molecule has 1 aromatic carbocycles. The van der Waals surface area contributed by atoms with Gasteiger partial charge in [0.15, 0.2) is 5.82 Å². The zero-order chi connectivity index (χ0) is 13.2. The van der Waals surface area contributed by atoms with E-state index in [-0.39, 0.29) is 16.7 Å². The summed E-state index contributed by atoms with van der Waals surface area (Å²) >= 11 is 5.60. The standard InChI is InChI=1S/C11H7ClF3N3/c12-9-5-16-6-10(18-9)17-8-4-2-1-3-7(8)11(13,14)15/h1-6H,(H,17,18). The van der Waals surface area contributed by atoms with Crippen molar-refractivity contribution in [2.75, 3.05) is 5.32 Å². The van der Waals surface area contributed by atoms with Crippen molar-refractivity contribution < 1.29 is 13.2 Å². The van der Waals surface area contributed by atoms with Crippen molar-refractivity contribution >= 4 is 23.1 Å². The second-order valence-corrected chi connectivity index (χ2v) is 3.78. The van der Waals surface area contributed by atoms with Gasteiger partial charge >= 0.3 is 6.18 Å². The van der Waals surface area contributed by atoms with Gasteiger partial charge in [-0.3, -0.25) is 4.98 Å². The summed E-state index contributed by atoms with van der Waals surface area (Å²) < 4.78 is 38.2. The fraction of sp³-hybridized carbons (Fsp3) is 0.0909. The largest absolute Gasteiger partial charge is 0.418 e. The van der Waals surface area contributed by atoms with E-state index >= 15 is 0 Å². The van der Waals surface area contributed by atoms with Gasteiger partial charge in [-0.25, -0.2) is 4.98 Å². The molecule has 2 aromatic rings. The summed E-state index contributed by atoms with van der Waals surface area (Å²) in [6.07, 6.45) is -1.85. The molecule has 0 unspecified atom stereocenters. The van der Waals surface area contributed by atoms with E-state index < -0.39 is 11.7 Å². The van der Waals surface area contributed by atoms with Gasteiger partial charge < -0.3 is 5.32 Å². The highest BCUT2D eigenvalue weighted by molar-refractivity contribution is 6.29. The Morgan fingerprint density at radius 3 is 2.50 bits per heavy atom. The molecule has 0 radical (unpaired) electrons. The molecule has 3 nitrogen and oxygen atoms in total. The summed E-state index contributed by atoms with van der Waals surface area (Å²) in [5.41, 5.74) is -0.867. The van der Waals surface area contributed by atoms with Gasteiger partial charge in [-0.15, -0.1) is 0 Å². The maximum atomic E-state index is 12.7. The topological polar surface area (TPSA) is 37.8 Å². The summed E-state index contributed by atoms with van der Waals surface area (Å²) in [5, 5.41) is 2.64. The molecule has 0 atom stereocenters. The van der Waals surface area contributed by atoms with Crippen LogP contribution in [0.4, 0.5) is 24.7 Å². The third-order valence-electron chi connectivity index (χ3n) is 2.10. The molecule has 7 heteroatoms. The smallest absolute Gasteiger partial charge is 0.338 e. The monoisotopic (exact) mass is 273 g/mol. The Morgan fingerprint density at radius 1 is 1.11 bits per heavy atom. The zero-order valence-electron chi connectivity index (χ0n) is 8.87. The average molecular weight is 274 g/mol. The van der Waals surface area contributed by atoms with E-state index in [1.54, 1.807) is 0 Å². The number of nitrogens with one attached hydrogen (secondary N) is 1.